The topological polar surface area (TPSA) is 69.7 Å². The molecule has 0 unspecified atom stereocenters. The molecule has 0 saturated heterocycles. The Kier molecular flexibility index (Phi) is 5.15. The van der Waals surface area contributed by atoms with Gasteiger partial charge in [-0.25, -0.2) is 5.90 Å². The number of rotatable bonds is 7. The van der Waals surface area contributed by atoms with Crippen LogP contribution in [0.25, 0.3) is 11.0 Å². The maximum Gasteiger partial charge on any atom is 0.134 e. The van der Waals surface area contributed by atoms with Gasteiger partial charge < -0.3 is 19.3 Å². The van der Waals surface area contributed by atoms with Gasteiger partial charge in [0.2, 0.25) is 0 Å². The number of nitrogens with one attached hydrogen (secondary N) is 1. The maximum atomic E-state index is 5.97. The lowest BCUT2D eigenvalue weighted by molar-refractivity contribution is 0.107. The molecule has 0 bridgehead atoms. The molecule has 0 radical (unpaired) electrons. The summed E-state index contributed by atoms with van der Waals surface area (Å²) in [6, 6.07) is 16.0. The monoisotopic (exact) mass is 326 g/mol. The van der Waals surface area contributed by atoms with E-state index in [1.165, 1.54) is 5.56 Å². The van der Waals surface area contributed by atoms with Gasteiger partial charge >= 0.3 is 0 Å². The van der Waals surface area contributed by atoms with Gasteiger partial charge in [-0.05, 0) is 42.3 Å². The van der Waals surface area contributed by atoms with E-state index in [4.69, 9.17) is 19.9 Å². The number of furan rings is 1. The normalized spacial score (nSPS) is 12.5. The number of fused-ring (bicyclic) bond motifs is 1. The Morgan fingerprint density at radius 3 is 2.62 bits per heavy atom. The minimum absolute atomic E-state index is 0.121. The molecule has 3 aromatic rings. The van der Waals surface area contributed by atoms with E-state index < -0.39 is 0 Å². The third-order valence-electron chi connectivity index (χ3n) is 4.01. The summed E-state index contributed by atoms with van der Waals surface area (Å²) in [5.74, 6) is 6.95. The molecule has 24 heavy (non-hydrogen) atoms. The Morgan fingerprint density at radius 2 is 1.92 bits per heavy atom. The quantitative estimate of drug-likeness (QED) is 0.651. The molecular formula is C19H22N2O3. The molecular weight excluding hydrogens is 304 g/mol. The molecule has 0 amide bonds. The predicted octanol–water partition coefficient (Wildman–Crippen LogP) is 3.47. The van der Waals surface area contributed by atoms with Crippen molar-refractivity contribution in [2.45, 2.75) is 19.5 Å². The van der Waals surface area contributed by atoms with Crippen molar-refractivity contribution in [3.05, 3.63) is 65.4 Å². The molecule has 126 valence electrons. The predicted molar refractivity (Wildman–Crippen MR) is 93.7 cm³/mol. The fraction of sp³-hybridized carbons (Fsp3) is 0.263. The molecule has 1 heterocycles. The van der Waals surface area contributed by atoms with E-state index in [1.807, 2.05) is 43.3 Å². The summed E-state index contributed by atoms with van der Waals surface area (Å²) in [6.45, 7) is 3.05. The molecule has 0 spiro atoms. The molecule has 3 N–H and O–H groups in total. The molecule has 0 saturated carbocycles. The van der Waals surface area contributed by atoms with Crippen LogP contribution in [0.3, 0.4) is 0 Å². The molecule has 2 aromatic carbocycles. The average Bonchev–Trinajstić information content (AvgIpc) is 3.02. The fourth-order valence-corrected chi connectivity index (χ4v) is 2.65. The Bertz CT molecular complexity index is 796. The number of aryl methyl sites for hydroxylation is 1. The standard InChI is InChI=1S/C19H22N2O3/c1-13-3-6-15-10-19(24-18(15)9-13)17(12-23-20)21-11-14-4-7-16(22-2)8-5-14/h3-10,17,21H,11-12,20H2,1-2H3/t17-/m1/s1. The van der Waals surface area contributed by atoms with Crippen molar-refractivity contribution in [2.75, 3.05) is 13.7 Å². The van der Waals surface area contributed by atoms with E-state index in [9.17, 15) is 0 Å². The lowest BCUT2D eigenvalue weighted by Crippen LogP contribution is -2.26. The van der Waals surface area contributed by atoms with Crippen molar-refractivity contribution in [2.24, 2.45) is 5.90 Å². The van der Waals surface area contributed by atoms with Crippen LogP contribution >= 0.6 is 0 Å². The largest absolute Gasteiger partial charge is 0.497 e. The van der Waals surface area contributed by atoms with Gasteiger partial charge in [0.05, 0.1) is 19.8 Å². The maximum absolute atomic E-state index is 5.97. The lowest BCUT2D eigenvalue weighted by Gasteiger charge is -2.15. The second kappa shape index (κ2) is 7.49. The van der Waals surface area contributed by atoms with Gasteiger partial charge in [0.1, 0.15) is 17.1 Å². The Hall–Kier alpha value is -2.34. The highest BCUT2D eigenvalue weighted by molar-refractivity contribution is 5.78. The Morgan fingerprint density at radius 1 is 1.12 bits per heavy atom. The first kappa shape index (κ1) is 16.5. The van der Waals surface area contributed by atoms with Crippen LogP contribution in [0.1, 0.15) is 22.9 Å². The highest BCUT2D eigenvalue weighted by Gasteiger charge is 2.16. The van der Waals surface area contributed by atoms with Crippen LogP contribution in [-0.2, 0) is 11.4 Å². The summed E-state index contributed by atoms with van der Waals surface area (Å²) in [5.41, 5.74) is 3.18. The number of benzene rings is 2. The van der Waals surface area contributed by atoms with Gasteiger partial charge in [0.25, 0.3) is 0 Å². The molecule has 1 atom stereocenters. The number of ether oxygens (including phenoxy) is 1. The minimum Gasteiger partial charge on any atom is -0.497 e. The molecule has 5 heteroatoms. The molecule has 0 aliphatic heterocycles. The zero-order chi connectivity index (χ0) is 16.9. The summed E-state index contributed by atoms with van der Waals surface area (Å²) in [4.78, 5) is 4.86. The average molecular weight is 326 g/mol. The SMILES string of the molecule is COc1ccc(CN[C@H](CON)c2cc3ccc(C)cc3o2)cc1. The van der Waals surface area contributed by atoms with Crippen LogP contribution in [0.2, 0.25) is 0 Å². The van der Waals surface area contributed by atoms with Crippen LogP contribution in [0.15, 0.2) is 52.9 Å². The Labute approximate surface area is 141 Å². The number of hydrogen-bond donors (Lipinski definition) is 2. The molecule has 3 rings (SSSR count). The van der Waals surface area contributed by atoms with Crippen LogP contribution in [0, 0.1) is 6.92 Å². The van der Waals surface area contributed by atoms with Crippen molar-refractivity contribution in [1.29, 1.82) is 0 Å². The zero-order valence-corrected chi connectivity index (χ0v) is 13.9. The summed E-state index contributed by atoms with van der Waals surface area (Å²) < 4.78 is 11.1. The van der Waals surface area contributed by atoms with Gasteiger partial charge in [0.15, 0.2) is 0 Å². The molecule has 0 aliphatic rings. The molecule has 5 nitrogen and oxygen atoms in total. The van der Waals surface area contributed by atoms with Crippen molar-refractivity contribution in [1.82, 2.24) is 5.32 Å². The highest BCUT2D eigenvalue weighted by atomic mass is 16.6. The van der Waals surface area contributed by atoms with Crippen LogP contribution in [-0.4, -0.2) is 13.7 Å². The number of hydrogen-bond acceptors (Lipinski definition) is 5. The third kappa shape index (κ3) is 3.76. The van der Waals surface area contributed by atoms with Crippen LogP contribution < -0.4 is 16.0 Å². The second-order valence-electron chi connectivity index (χ2n) is 5.80. The molecule has 0 fully saturated rings. The van der Waals surface area contributed by atoms with Crippen molar-refractivity contribution >= 4 is 11.0 Å². The van der Waals surface area contributed by atoms with E-state index in [-0.39, 0.29) is 6.04 Å². The second-order valence-corrected chi connectivity index (χ2v) is 5.80. The third-order valence-corrected chi connectivity index (χ3v) is 4.01. The first-order valence-electron chi connectivity index (χ1n) is 7.87. The van der Waals surface area contributed by atoms with Gasteiger partial charge in [-0.3, -0.25) is 0 Å². The highest BCUT2D eigenvalue weighted by Crippen LogP contribution is 2.25. The first-order chi connectivity index (χ1) is 11.7. The first-order valence-corrected chi connectivity index (χ1v) is 7.87. The van der Waals surface area contributed by atoms with Crippen LogP contribution in [0.5, 0.6) is 5.75 Å². The summed E-state index contributed by atoms with van der Waals surface area (Å²) in [6.07, 6.45) is 0. The van der Waals surface area contributed by atoms with Crippen LogP contribution in [0.4, 0.5) is 0 Å². The fourth-order valence-electron chi connectivity index (χ4n) is 2.65. The van der Waals surface area contributed by atoms with E-state index in [1.54, 1.807) is 7.11 Å². The lowest BCUT2D eigenvalue weighted by atomic mass is 10.1. The Balaban J connectivity index is 1.75. The van der Waals surface area contributed by atoms with E-state index in [0.717, 1.165) is 28.0 Å². The van der Waals surface area contributed by atoms with Gasteiger partial charge in [-0.2, -0.15) is 0 Å². The van der Waals surface area contributed by atoms with Crippen molar-refractivity contribution in [3.8, 4) is 5.75 Å². The zero-order valence-electron chi connectivity index (χ0n) is 13.9. The van der Waals surface area contributed by atoms with Gasteiger partial charge in [-0.1, -0.05) is 24.3 Å². The summed E-state index contributed by atoms with van der Waals surface area (Å²) >= 11 is 0. The van der Waals surface area contributed by atoms with Gasteiger partial charge in [0, 0.05) is 11.9 Å². The summed E-state index contributed by atoms with van der Waals surface area (Å²) in [5, 5.41) is 4.50. The van der Waals surface area contributed by atoms with E-state index in [0.29, 0.717) is 13.2 Å². The van der Waals surface area contributed by atoms with Crippen molar-refractivity contribution < 1.29 is 14.0 Å². The number of nitrogens with two attached hydrogens (primary N) is 1. The molecule has 1 aromatic heterocycles. The summed E-state index contributed by atoms with van der Waals surface area (Å²) in [7, 11) is 1.66. The van der Waals surface area contributed by atoms with Gasteiger partial charge in [-0.15, -0.1) is 0 Å². The van der Waals surface area contributed by atoms with E-state index in [2.05, 4.69) is 17.4 Å². The minimum atomic E-state index is -0.121. The van der Waals surface area contributed by atoms with Crippen molar-refractivity contribution in [3.63, 3.8) is 0 Å². The number of methoxy groups -OCH3 is 1. The molecule has 0 aliphatic carbocycles. The smallest absolute Gasteiger partial charge is 0.134 e. The van der Waals surface area contributed by atoms with E-state index >= 15 is 0 Å².